The molecule has 141 heavy (non-hydrogen) atoms. The van der Waals surface area contributed by atoms with E-state index >= 15 is 0 Å². The summed E-state index contributed by atoms with van der Waals surface area (Å²) in [5.41, 5.74) is 48.8. The van der Waals surface area contributed by atoms with Gasteiger partial charge in [-0.2, -0.15) is 26.7 Å². The largest absolute Gasteiger partial charge is 0.507 e. The van der Waals surface area contributed by atoms with Crippen molar-refractivity contribution >= 4 is 158 Å². The number of phenols is 7. The first kappa shape index (κ1) is 112. The molecular weight excluding hydrogens is 1890 g/mol. The molecule has 1 fully saturated rings. The van der Waals surface area contributed by atoms with Crippen molar-refractivity contribution in [1.82, 2.24) is 15.5 Å². The van der Waals surface area contributed by atoms with E-state index in [1.54, 1.807) is 97.9 Å². The molecule has 1 aliphatic rings. The van der Waals surface area contributed by atoms with E-state index in [9.17, 15) is 82.5 Å². The minimum atomic E-state index is -4.50. The minimum Gasteiger partial charge on any atom is -0.507 e. The molecule has 0 spiro atoms. The smallest absolute Gasteiger partial charge is 0.416 e. The number of nitrogens with two attached hydrogens (primary N) is 7. The molecule has 1 heterocycles. The number of nitrogen functional groups attached to an aromatic ring is 7. The molecule has 13 aromatic carbocycles. The Bertz CT molecular complexity index is 6590. The summed E-state index contributed by atoms with van der Waals surface area (Å²) >= 11 is 17.5. The Morgan fingerprint density at radius 2 is 0.879 bits per heavy atom. The van der Waals surface area contributed by atoms with Gasteiger partial charge in [-0.15, -0.1) is 6.42 Å². The molecule has 7 amide bonds. The molecule has 0 saturated carbocycles. The average molecular weight is 2000 g/mol. The number of hydrogen-bond acceptors (Lipinski definition) is 23. The molecule has 37 heteroatoms. The number of aromatic hydroxyl groups is 7. The van der Waals surface area contributed by atoms with Crippen LogP contribution in [0.5, 0.6) is 46.0 Å². The number of nitrogens with one attached hydrogen (secondary N) is 7. The van der Waals surface area contributed by atoms with Crippen LogP contribution in [0, 0.1) is 26.2 Å². The number of ether oxygens (including phenoxy) is 1. The van der Waals surface area contributed by atoms with Crippen LogP contribution in [0.2, 0.25) is 15.1 Å². The van der Waals surface area contributed by atoms with Gasteiger partial charge in [-0.1, -0.05) is 121 Å². The summed E-state index contributed by atoms with van der Waals surface area (Å²) in [6.07, 6.45) is 6.63. The molecule has 738 valence electrons. The summed E-state index contributed by atoms with van der Waals surface area (Å²) in [6.45, 7) is 11.1. The predicted molar refractivity (Wildman–Crippen MR) is 558 cm³/mol. The van der Waals surface area contributed by atoms with E-state index in [0.29, 0.717) is 120 Å². The summed E-state index contributed by atoms with van der Waals surface area (Å²) in [5, 5.41) is 88.2. The molecular formula is C104H109Cl3F3N15O15S. The molecule has 28 N–H and O–H groups in total. The number of aryl methyl sites for hydroxylation is 3. The number of hydrogen-bond donors (Lipinski definition) is 21. The fourth-order valence-electron chi connectivity index (χ4n) is 13.5. The summed E-state index contributed by atoms with van der Waals surface area (Å²) < 4.78 is 42.7. The number of methoxy groups -OCH3 is 1. The van der Waals surface area contributed by atoms with Crippen LogP contribution >= 0.6 is 48.3 Å². The highest BCUT2D eigenvalue weighted by atomic mass is 35.5. The van der Waals surface area contributed by atoms with Gasteiger partial charge in [0, 0.05) is 108 Å². The lowest BCUT2D eigenvalue weighted by atomic mass is 9.99. The van der Waals surface area contributed by atoms with Crippen LogP contribution in [-0.2, 0) is 19.0 Å². The van der Waals surface area contributed by atoms with Crippen molar-refractivity contribution in [3.05, 3.63) is 342 Å². The average Bonchev–Trinajstić information content (AvgIpc) is 1.41. The molecule has 14 rings (SSSR count). The number of likely N-dealkylation sites (N-methyl/N-ethyl adjacent to an activating group) is 1. The van der Waals surface area contributed by atoms with Crippen molar-refractivity contribution in [3.8, 4) is 58.3 Å². The van der Waals surface area contributed by atoms with Gasteiger partial charge in [0.25, 0.3) is 41.4 Å². The van der Waals surface area contributed by atoms with Gasteiger partial charge in [-0.3, -0.25) is 38.5 Å². The van der Waals surface area contributed by atoms with Gasteiger partial charge in [-0.05, 0) is 270 Å². The SMILES string of the molecule is C#Cc1cccc(NC(=O)c2cc(N)c(OC)cc2O)c1.CCc1cc(N)c(C)c(C(=O)NCC2CCCN2CC)c1O.Cc1ccc(NC(=O)c2cc(N)ccc2O)cc1.Nc1ccc(O)c(C(=O)NCCCCc2ccccc2)c1.Nc1ccc(O)c(C(=O)Nc2cc(Cl)cc(Cl)c2)c1.Nc1ccc(O)c(C(=O)Nc2cccc(C(F)(F)F)c2)c1.Nc1ccc(O)c(C(=O)Nc2cccc(Cl)c2)c1.S. The Labute approximate surface area is 834 Å². The van der Waals surface area contributed by atoms with Gasteiger partial charge in [0.1, 0.15) is 46.0 Å². The predicted octanol–water partition coefficient (Wildman–Crippen LogP) is 19.3. The van der Waals surface area contributed by atoms with Gasteiger partial charge in [0.15, 0.2) is 0 Å². The van der Waals surface area contributed by atoms with Crippen LogP contribution in [-0.4, -0.2) is 121 Å². The van der Waals surface area contributed by atoms with Crippen LogP contribution in [0.3, 0.4) is 0 Å². The van der Waals surface area contributed by atoms with Gasteiger partial charge in [0.05, 0.1) is 57.3 Å². The highest BCUT2D eigenvalue weighted by Crippen LogP contribution is 2.36. The fourth-order valence-corrected chi connectivity index (χ4v) is 14.3. The van der Waals surface area contributed by atoms with Crippen LogP contribution < -0.4 is 82.1 Å². The Hall–Kier alpha value is -16.3. The van der Waals surface area contributed by atoms with Crippen molar-refractivity contribution in [1.29, 1.82) is 0 Å². The first-order valence-electron chi connectivity index (χ1n) is 43.2. The normalized spacial score (nSPS) is 11.5. The highest BCUT2D eigenvalue weighted by Gasteiger charge is 2.31. The third-order valence-electron chi connectivity index (χ3n) is 20.9. The number of carbonyl (C=O) groups is 7. The van der Waals surface area contributed by atoms with E-state index in [-0.39, 0.29) is 122 Å². The second kappa shape index (κ2) is 54.0. The van der Waals surface area contributed by atoms with E-state index in [0.717, 1.165) is 56.5 Å². The topological polar surface area (TPSA) is 540 Å². The number of likely N-dealkylation sites (tertiary alicyclic amines) is 1. The molecule has 1 saturated heterocycles. The van der Waals surface area contributed by atoms with Gasteiger partial charge < -0.3 is 118 Å². The van der Waals surface area contributed by atoms with E-state index in [1.165, 1.54) is 128 Å². The minimum absolute atomic E-state index is 0. The Balaban J connectivity index is 0.000000223. The van der Waals surface area contributed by atoms with Gasteiger partial charge in [-0.25, -0.2) is 0 Å². The van der Waals surface area contributed by atoms with Crippen LogP contribution in [0.4, 0.5) is 81.4 Å². The summed E-state index contributed by atoms with van der Waals surface area (Å²) in [7, 11) is 1.43. The lowest BCUT2D eigenvalue weighted by Gasteiger charge is -2.23. The summed E-state index contributed by atoms with van der Waals surface area (Å²) in [4.78, 5) is 86.8. The van der Waals surface area contributed by atoms with E-state index < -0.39 is 35.4 Å². The maximum atomic E-state index is 12.6. The molecule has 1 atom stereocenters. The maximum Gasteiger partial charge on any atom is 0.416 e. The quantitative estimate of drug-likeness (QED) is 0.0130. The third-order valence-corrected chi connectivity index (χ3v) is 21.5. The number of terminal acetylenes is 1. The number of unbranched alkanes of at least 4 members (excludes halogenated alkanes) is 1. The van der Waals surface area contributed by atoms with Crippen molar-refractivity contribution < 1.29 is 87.2 Å². The first-order chi connectivity index (χ1) is 66.5. The number of nitrogens with zero attached hydrogens (tertiary/aromatic N) is 1. The molecule has 0 aliphatic carbocycles. The molecule has 13 aromatic rings. The van der Waals surface area contributed by atoms with Crippen LogP contribution in [0.25, 0.3) is 0 Å². The number of benzene rings is 13. The second-order valence-corrected chi connectivity index (χ2v) is 32.6. The Morgan fingerprint density at radius 3 is 1.33 bits per heavy atom. The summed E-state index contributed by atoms with van der Waals surface area (Å²) in [6, 6.07) is 66.1. The standard InChI is InChI=1S/C17H27N3O2.C17H20N2O2.C16H14N2O3.C14H11F3N2O2.C14H14N2O2.C13H10Cl2N2O2.C13H11ClN2O2.H2S/c1-4-12-9-14(18)11(3)15(16(12)21)17(22)19-10-13-7-6-8-20(13)5-2;18-14-9-10-16(20)15(12-14)17(21)19-11-5-4-8-13-6-2-1-3-7-13;1-3-10-5-4-6-11(7-10)18-16(20)12-8-13(17)15(21-2)9-14(12)19;15-14(16,17)8-2-1-3-10(6-8)19-13(21)11-7-9(18)4-5-12(11)20;1-9-2-5-11(6-3-9)16-14(18)12-8-10(15)4-7-13(12)17;14-7-3-8(15)5-10(4-7)17-13(19)11-6-9(16)1-2-12(11)18;14-8-2-1-3-10(6-8)16-13(18)11-7-9(15)4-5-12(11)17;/h9,13,21H,4-8,10,18H2,1-3H3,(H,19,22);1-3,6-7,9-10,12,20H,4-5,8,11,18H2,(H,19,21);1,4-9,19H,17H2,2H3,(H,18,20);1-7,20H,18H2,(H,19,21);2-8,17H,15H2,1H3,(H,16,18);1-6,18H,16H2,(H,17,19);1-7,17H,15H2,(H,16,18);1H2. The Morgan fingerprint density at radius 1 is 0.447 bits per heavy atom. The zero-order valence-electron chi connectivity index (χ0n) is 77.1. The number of amides is 7. The third kappa shape index (κ3) is 34.7. The second-order valence-electron chi connectivity index (χ2n) is 31.3. The molecule has 30 nitrogen and oxygen atoms in total. The number of alkyl halides is 3. The van der Waals surface area contributed by atoms with E-state index in [4.69, 9.17) is 86.1 Å². The van der Waals surface area contributed by atoms with Crippen LogP contribution in [0.15, 0.2) is 255 Å². The number of phenolic OH excluding ortho intramolecular Hbond substituents is 7. The van der Waals surface area contributed by atoms with Gasteiger partial charge >= 0.3 is 6.18 Å². The van der Waals surface area contributed by atoms with Crippen molar-refractivity contribution in [2.75, 3.05) is 100 Å². The van der Waals surface area contributed by atoms with Crippen LogP contribution in [0.1, 0.15) is 145 Å². The lowest BCUT2D eigenvalue weighted by Crippen LogP contribution is -2.40. The van der Waals surface area contributed by atoms with Crippen molar-refractivity contribution in [3.63, 3.8) is 0 Å². The molecule has 1 unspecified atom stereocenters. The first-order valence-corrected chi connectivity index (χ1v) is 44.3. The molecule has 0 bridgehead atoms. The van der Waals surface area contributed by atoms with E-state index in [2.05, 4.69) is 67.1 Å². The number of rotatable bonds is 22. The zero-order valence-corrected chi connectivity index (χ0v) is 80.4. The fraction of sp³-hybridized carbons (Fsp3) is 0.163. The lowest BCUT2D eigenvalue weighted by molar-refractivity contribution is -0.137. The molecule has 0 radical (unpaired) electrons. The number of halogens is 6. The monoisotopic (exact) mass is 2000 g/mol. The highest BCUT2D eigenvalue weighted by molar-refractivity contribution is 7.59. The van der Waals surface area contributed by atoms with E-state index in [1.807, 2.05) is 44.2 Å². The summed E-state index contributed by atoms with van der Waals surface area (Å²) in [5.74, 6) is -1.19. The molecule has 0 aromatic heterocycles. The number of carbonyl (C=O) groups excluding carboxylic acids is 7. The van der Waals surface area contributed by atoms with Crippen molar-refractivity contribution in [2.24, 2.45) is 0 Å². The van der Waals surface area contributed by atoms with Gasteiger partial charge in [0.2, 0.25) is 0 Å². The molecule has 1 aliphatic heterocycles. The number of anilines is 12. The maximum absolute atomic E-state index is 12.6. The Kier molecular flexibility index (Phi) is 42.8. The zero-order chi connectivity index (χ0) is 103. The van der Waals surface area contributed by atoms with Crippen molar-refractivity contribution in [2.45, 2.75) is 78.4 Å².